The molecule has 0 spiro atoms. The number of alkyl halides is 3. The Labute approximate surface area is 104 Å². The molecule has 1 aliphatic carbocycles. The number of halogens is 3. The fourth-order valence-corrected chi connectivity index (χ4v) is 1.95. The number of anilines is 2. The molecule has 6 heteroatoms. The van der Waals surface area contributed by atoms with Crippen LogP contribution in [0.3, 0.4) is 0 Å². The van der Waals surface area contributed by atoms with E-state index in [2.05, 4.69) is 10.3 Å². The van der Waals surface area contributed by atoms with Gasteiger partial charge in [0.1, 0.15) is 11.6 Å². The number of pyridine rings is 1. The molecular weight excluding hydrogens is 243 g/mol. The van der Waals surface area contributed by atoms with Crippen molar-refractivity contribution in [3.63, 3.8) is 0 Å². The molecular formula is C12H16F3N3. The van der Waals surface area contributed by atoms with E-state index in [1.807, 2.05) is 11.8 Å². The minimum absolute atomic E-state index is 0.249. The van der Waals surface area contributed by atoms with Gasteiger partial charge < -0.3 is 10.2 Å². The first-order valence-corrected chi connectivity index (χ1v) is 5.99. The summed E-state index contributed by atoms with van der Waals surface area (Å²) in [6.07, 6.45) is -2.28. The van der Waals surface area contributed by atoms with Gasteiger partial charge in [-0.1, -0.05) is 0 Å². The highest BCUT2D eigenvalue weighted by molar-refractivity contribution is 5.52. The zero-order chi connectivity index (χ0) is 13.3. The molecule has 2 rings (SSSR count). The maximum Gasteiger partial charge on any atom is 0.416 e. The van der Waals surface area contributed by atoms with Gasteiger partial charge in [0.15, 0.2) is 0 Å². The van der Waals surface area contributed by atoms with Crippen molar-refractivity contribution in [2.75, 3.05) is 23.8 Å². The molecule has 0 aromatic carbocycles. The Morgan fingerprint density at radius 2 is 2.06 bits per heavy atom. The predicted molar refractivity (Wildman–Crippen MR) is 64.8 cm³/mol. The van der Waals surface area contributed by atoms with E-state index >= 15 is 0 Å². The molecule has 1 fully saturated rings. The molecule has 0 unspecified atom stereocenters. The topological polar surface area (TPSA) is 28.2 Å². The van der Waals surface area contributed by atoms with E-state index in [0.717, 1.165) is 25.0 Å². The summed E-state index contributed by atoms with van der Waals surface area (Å²) in [6.45, 7) is 2.60. The van der Waals surface area contributed by atoms with Crippen LogP contribution in [0.15, 0.2) is 12.1 Å². The van der Waals surface area contributed by atoms with E-state index < -0.39 is 11.7 Å². The van der Waals surface area contributed by atoms with Gasteiger partial charge in [-0.3, -0.25) is 0 Å². The molecule has 1 heterocycles. The van der Waals surface area contributed by atoms with Gasteiger partial charge >= 0.3 is 6.18 Å². The van der Waals surface area contributed by atoms with Gasteiger partial charge in [0.25, 0.3) is 0 Å². The van der Waals surface area contributed by atoms with E-state index in [9.17, 15) is 13.2 Å². The Hall–Kier alpha value is -1.46. The van der Waals surface area contributed by atoms with E-state index in [1.165, 1.54) is 0 Å². The SMILES string of the molecule is CCN(c1cc(C(F)(F)F)cc(NC)n1)C1CC1. The fraction of sp³-hybridized carbons (Fsp3) is 0.583. The van der Waals surface area contributed by atoms with Crippen molar-refractivity contribution >= 4 is 11.6 Å². The van der Waals surface area contributed by atoms with Crippen molar-refractivity contribution in [2.24, 2.45) is 0 Å². The van der Waals surface area contributed by atoms with Crippen molar-refractivity contribution < 1.29 is 13.2 Å². The van der Waals surface area contributed by atoms with Crippen molar-refractivity contribution in [2.45, 2.75) is 32.0 Å². The van der Waals surface area contributed by atoms with Crippen LogP contribution in [-0.4, -0.2) is 24.6 Å². The highest BCUT2D eigenvalue weighted by atomic mass is 19.4. The molecule has 18 heavy (non-hydrogen) atoms. The van der Waals surface area contributed by atoms with Gasteiger partial charge in [0, 0.05) is 19.6 Å². The van der Waals surface area contributed by atoms with Crippen LogP contribution in [0.4, 0.5) is 24.8 Å². The molecule has 1 saturated carbocycles. The largest absolute Gasteiger partial charge is 0.416 e. The maximum atomic E-state index is 12.8. The van der Waals surface area contributed by atoms with Gasteiger partial charge in [-0.25, -0.2) is 4.98 Å². The minimum atomic E-state index is -4.34. The van der Waals surface area contributed by atoms with E-state index in [4.69, 9.17) is 0 Å². The summed E-state index contributed by atoms with van der Waals surface area (Å²) in [4.78, 5) is 6.14. The summed E-state index contributed by atoms with van der Waals surface area (Å²) < 4.78 is 38.4. The Morgan fingerprint density at radius 1 is 1.39 bits per heavy atom. The van der Waals surface area contributed by atoms with Crippen LogP contribution in [0.2, 0.25) is 0 Å². The fourth-order valence-electron chi connectivity index (χ4n) is 1.95. The third-order valence-corrected chi connectivity index (χ3v) is 3.02. The van der Waals surface area contributed by atoms with Crippen molar-refractivity contribution in [1.29, 1.82) is 0 Å². The Bertz CT molecular complexity index is 427. The molecule has 0 aliphatic heterocycles. The van der Waals surface area contributed by atoms with Gasteiger partial charge in [-0.15, -0.1) is 0 Å². The van der Waals surface area contributed by atoms with Gasteiger partial charge in [0.2, 0.25) is 0 Å². The van der Waals surface area contributed by atoms with E-state index in [-0.39, 0.29) is 5.82 Å². The standard InChI is InChI=1S/C12H16F3N3/c1-3-18(9-4-5-9)11-7-8(12(13,14)15)6-10(16-2)17-11/h6-7,9H,3-5H2,1-2H3,(H,16,17). The van der Waals surface area contributed by atoms with E-state index in [1.54, 1.807) is 7.05 Å². The normalized spacial score (nSPS) is 15.6. The van der Waals surface area contributed by atoms with Crippen molar-refractivity contribution in [3.05, 3.63) is 17.7 Å². The first-order chi connectivity index (χ1) is 8.45. The van der Waals surface area contributed by atoms with Crippen LogP contribution in [0, 0.1) is 0 Å². The second-order valence-corrected chi connectivity index (χ2v) is 4.36. The first-order valence-electron chi connectivity index (χ1n) is 5.99. The molecule has 0 bridgehead atoms. The molecule has 0 amide bonds. The van der Waals surface area contributed by atoms with Gasteiger partial charge in [0.05, 0.1) is 5.56 Å². The second kappa shape index (κ2) is 4.66. The number of rotatable bonds is 4. The molecule has 3 nitrogen and oxygen atoms in total. The predicted octanol–water partition coefficient (Wildman–Crippen LogP) is 3.13. The summed E-state index contributed by atoms with van der Waals surface area (Å²) in [6, 6.07) is 2.50. The number of nitrogens with one attached hydrogen (secondary N) is 1. The second-order valence-electron chi connectivity index (χ2n) is 4.36. The van der Waals surface area contributed by atoms with Crippen LogP contribution < -0.4 is 10.2 Å². The zero-order valence-electron chi connectivity index (χ0n) is 10.4. The van der Waals surface area contributed by atoms with Crippen LogP contribution in [0.5, 0.6) is 0 Å². The lowest BCUT2D eigenvalue weighted by molar-refractivity contribution is -0.137. The van der Waals surface area contributed by atoms with Crippen LogP contribution in [0.25, 0.3) is 0 Å². The van der Waals surface area contributed by atoms with Gasteiger partial charge in [-0.2, -0.15) is 13.2 Å². The molecule has 100 valence electrons. The molecule has 1 aliphatic rings. The lowest BCUT2D eigenvalue weighted by Crippen LogP contribution is -2.26. The summed E-state index contributed by atoms with van der Waals surface area (Å²) in [5, 5.41) is 2.68. The summed E-state index contributed by atoms with van der Waals surface area (Å²) >= 11 is 0. The molecule has 0 radical (unpaired) electrons. The lowest BCUT2D eigenvalue weighted by atomic mass is 10.2. The van der Waals surface area contributed by atoms with Gasteiger partial charge in [-0.05, 0) is 31.9 Å². The Kier molecular flexibility index (Phi) is 3.36. The van der Waals surface area contributed by atoms with Crippen molar-refractivity contribution in [1.82, 2.24) is 4.98 Å². The quantitative estimate of drug-likeness (QED) is 0.900. The lowest BCUT2D eigenvalue weighted by Gasteiger charge is -2.23. The number of nitrogens with zero attached hydrogens (tertiary/aromatic N) is 2. The number of hydrogen-bond acceptors (Lipinski definition) is 3. The number of hydrogen-bond donors (Lipinski definition) is 1. The van der Waals surface area contributed by atoms with Crippen LogP contribution in [-0.2, 0) is 6.18 Å². The highest BCUT2D eigenvalue weighted by Gasteiger charge is 2.34. The number of aromatic nitrogens is 1. The summed E-state index contributed by atoms with van der Waals surface area (Å²) in [5.41, 5.74) is -0.657. The van der Waals surface area contributed by atoms with E-state index in [0.29, 0.717) is 18.4 Å². The first kappa shape index (κ1) is 13.0. The smallest absolute Gasteiger partial charge is 0.373 e. The minimum Gasteiger partial charge on any atom is -0.373 e. The molecule has 0 saturated heterocycles. The van der Waals surface area contributed by atoms with Crippen LogP contribution >= 0.6 is 0 Å². The monoisotopic (exact) mass is 259 g/mol. The van der Waals surface area contributed by atoms with Crippen LogP contribution in [0.1, 0.15) is 25.3 Å². The molecule has 0 atom stereocenters. The molecule has 1 N–H and O–H groups in total. The summed E-state index contributed by atoms with van der Waals surface area (Å²) in [5.74, 6) is 0.651. The Balaban J connectivity index is 2.39. The van der Waals surface area contributed by atoms with Crippen molar-refractivity contribution in [3.8, 4) is 0 Å². The maximum absolute atomic E-state index is 12.8. The summed E-state index contributed by atoms with van der Waals surface area (Å²) in [7, 11) is 1.57. The average Bonchev–Trinajstić information content (AvgIpc) is 3.13. The zero-order valence-corrected chi connectivity index (χ0v) is 10.4. The third-order valence-electron chi connectivity index (χ3n) is 3.02. The highest BCUT2D eigenvalue weighted by Crippen LogP contribution is 2.36. The Morgan fingerprint density at radius 3 is 2.50 bits per heavy atom. The molecule has 1 aromatic rings. The molecule has 1 aromatic heterocycles. The average molecular weight is 259 g/mol. The third kappa shape index (κ3) is 2.68.